The van der Waals surface area contributed by atoms with E-state index >= 15 is 0 Å². The van der Waals surface area contributed by atoms with Crippen LogP contribution in [0.3, 0.4) is 0 Å². The lowest BCUT2D eigenvalue weighted by molar-refractivity contribution is -0.176. The summed E-state index contributed by atoms with van der Waals surface area (Å²) in [4.78, 5) is 61.8. The molecule has 9 nitrogen and oxygen atoms in total. The van der Waals surface area contributed by atoms with Crippen LogP contribution in [-0.2, 0) is 19.2 Å². The van der Waals surface area contributed by atoms with Crippen LogP contribution in [0.2, 0.25) is 0 Å². The van der Waals surface area contributed by atoms with Gasteiger partial charge < -0.3 is 15.4 Å². The molecule has 29 heavy (non-hydrogen) atoms. The minimum Gasteiger partial charge on any atom is -0.345 e. The van der Waals surface area contributed by atoms with Gasteiger partial charge in [0.2, 0.25) is 11.8 Å². The standard InChI is InChI=1S/C20H24N4O5/c1-13(12-25)21-19(28)16-8-5-11-23-17(26)10-9-15(20(29)24(16)23)22-18(27)14-6-3-2-4-7-14/h2-4,6-7,12-13,15-16H,5,8-11H2,1H3,(H,21,28)(H,22,27)/t13?,15?,16-/m0/s1. The molecule has 0 bridgehead atoms. The van der Waals surface area contributed by atoms with Crippen LogP contribution < -0.4 is 10.6 Å². The molecule has 9 heteroatoms. The van der Waals surface area contributed by atoms with Crippen molar-refractivity contribution in [3.8, 4) is 0 Å². The average molecular weight is 400 g/mol. The molecule has 154 valence electrons. The number of carbonyl (C=O) groups excluding carboxylic acids is 5. The number of hydrazine groups is 1. The number of amides is 4. The topological polar surface area (TPSA) is 116 Å². The molecule has 0 aromatic heterocycles. The molecule has 2 saturated heterocycles. The molecule has 3 rings (SSSR count). The van der Waals surface area contributed by atoms with Gasteiger partial charge >= 0.3 is 0 Å². The Morgan fingerprint density at radius 3 is 2.59 bits per heavy atom. The molecule has 0 spiro atoms. The Morgan fingerprint density at radius 2 is 1.90 bits per heavy atom. The molecular weight excluding hydrogens is 376 g/mol. The lowest BCUT2D eigenvalue weighted by Gasteiger charge is -2.43. The molecular formula is C20H24N4O5. The summed E-state index contributed by atoms with van der Waals surface area (Å²) in [7, 11) is 0. The number of hydrogen-bond acceptors (Lipinski definition) is 5. The molecule has 3 atom stereocenters. The maximum absolute atomic E-state index is 13.2. The smallest absolute Gasteiger partial charge is 0.264 e. The highest BCUT2D eigenvalue weighted by molar-refractivity contribution is 5.99. The Balaban J connectivity index is 1.82. The number of benzene rings is 1. The van der Waals surface area contributed by atoms with Gasteiger partial charge in [-0.05, 0) is 38.3 Å². The number of carbonyl (C=O) groups is 5. The first-order valence-corrected chi connectivity index (χ1v) is 9.67. The van der Waals surface area contributed by atoms with Crippen LogP contribution in [0.4, 0.5) is 0 Å². The van der Waals surface area contributed by atoms with Crippen LogP contribution in [0, 0.1) is 0 Å². The number of rotatable bonds is 5. The number of nitrogens with one attached hydrogen (secondary N) is 2. The summed E-state index contributed by atoms with van der Waals surface area (Å²) >= 11 is 0. The Labute approximate surface area is 168 Å². The van der Waals surface area contributed by atoms with Crippen LogP contribution in [-0.4, -0.2) is 64.6 Å². The monoisotopic (exact) mass is 400 g/mol. The van der Waals surface area contributed by atoms with E-state index in [1.54, 1.807) is 30.3 Å². The third-order valence-corrected chi connectivity index (χ3v) is 5.08. The highest BCUT2D eigenvalue weighted by Crippen LogP contribution is 2.25. The van der Waals surface area contributed by atoms with E-state index in [0.29, 0.717) is 31.2 Å². The van der Waals surface area contributed by atoms with Gasteiger partial charge in [0.05, 0.1) is 6.04 Å². The normalized spacial score (nSPS) is 22.9. The fourth-order valence-electron chi connectivity index (χ4n) is 3.59. The van der Waals surface area contributed by atoms with Crippen LogP contribution in [0.15, 0.2) is 30.3 Å². The first kappa shape index (κ1) is 20.5. The third kappa shape index (κ3) is 4.44. The van der Waals surface area contributed by atoms with Crippen LogP contribution >= 0.6 is 0 Å². The number of hydrogen-bond donors (Lipinski definition) is 2. The van der Waals surface area contributed by atoms with Gasteiger partial charge in [-0.2, -0.15) is 0 Å². The highest BCUT2D eigenvalue weighted by Gasteiger charge is 2.44. The van der Waals surface area contributed by atoms with Gasteiger partial charge in [0.1, 0.15) is 18.4 Å². The zero-order valence-corrected chi connectivity index (χ0v) is 16.2. The molecule has 2 heterocycles. The molecule has 0 radical (unpaired) electrons. The number of nitrogens with zero attached hydrogens (tertiary/aromatic N) is 2. The van der Waals surface area contributed by atoms with E-state index in [0.717, 1.165) is 0 Å². The van der Waals surface area contributed by atoms with Crippen LogP contribution in [0.25, 0.3) is 0 Å². The van der Waals surface area contributed by atoms with Gasteiger partial charge in [-0.3, -0.25) is 24.2 Å². The summed E-state index contributed by atoms with van der Waals surface area (Å²) < 4.78 is 0. The summed E-state index contributed by atoms with van der Waals surface area (Å²) in [5, 5.41) is 7.71. The van der Waals surface area contributed by atoms with Gasteiger partial charge in [0.15, 0.2) is 0 Å². The predicted octanol–water partition coefficient (Wildman–Crippen LogP) is 0.0170. The molecule has 2 fully saturated rings. The maximum atomic E-state index is 13.2. The summed E-state index contributed by atoms with van der Waals surface area (Å²) in [6.45, 7) is 1.86. The van der Waals surface area contributed by atoms with Crippen molar-refractivity contribution in [3.05, 3.63) is 35.9 Å². The molecule has 1 aromatic rings. The second-order valence-corrected chi connectivity index (χ2v) is 7.22. The van der Waals surface area contributed by atoms with E-state index in [-0.39, 0.29) is 18.7 Å². The molecule has 2 aliphatic heterocycles. The lowest BCUT2D eigenvalue weighted by atomic mass is 10.1. The number of aldehydes is 1. The molecule has 4 amide bonds. The Bertz CT molecular complexity index is 812. The zero-order chi connectivity index (χ0) is 21.0. The quantitative estimate of drug-likeness (QED) is 0.676. The van der Waals surface area contributed by atoms with Crippen molar-refractivity contribution in [1.82, 2.24) is 20.7 Å². The Morgan fingerprint density at radius 1 is 1.17 bits per heavy atom. The fraction of sp³-hybridized carbons (Fsp3) is 0.450. The molecule has 0 saturated carbocycles. The van der Waals surface area contributed by atoms with Crippen molar-refractivity contribution in [2.75, 3.05) is 6.54 Å². The second-order valence-electron chi connectivity index (χ2n) is 7.22. The van der Waals surface area contributed by atoms with Gasteiger partial charge in [0.25, 0.3) is 11.8 Å². The first-order chi connectivity index (χ1) is 13.9. The van der Waals surface area contributed by atoms with E-state index in [4.69, 9.17) is 0 Å². The third-order valence-electron chi connectivity index (χ3n) is 5.08. The SMILES string of the molecule is CC(C=O)NC(=O)[C@@H]1CCCN2C(=O)CCC(NC(=O)c3ccccc3)C(=O)N12. The Kier molecular flexibility index (Phi) is 6.26. The fourth-order valence-corrected chi connectivity index (χ4v) is 3.59. The van der Waals surface area contributed by atoms with Gasteiger partial charge in [-0.25, -0.2) is 5.01 Å². The number of fused-ring (bicyclic) bond motifs is 1. The van der Waals surface area contributed by atoms with E-state index in [1.165, 1.54) is 16.9 Å². The summed E-state index contributed by atoms with van der Waals surface area (Å²) in [5.74, 6) is -1.68. The molecule has 2 aliphatic rings. The van der Waals surface area contributed by atoms with Crippen LogP contribution in [0.5, 0.6) is 0 Å². The second kappa shape index (κ2) is 8.85. The lowest BCUT2D eigenvalue weighted by Crippen LogP contribution is -2.64. The van der Waals surface area contributed by atoms with Gasteiger partial charge in [-0.15, -0.1) is 0 Å². The van der Waals surface area contributed by atoms with Crippen LogP contribution in [0.1, 0.15) is 43.0 Å². The van der Waals surface area contributed by atoms with Crippen molar-refractivity contribution in [2.24, 2.45) is 0 Å². The van der Waals surface area contributed by atoms with Gasteiger partial charge in [0, 0.05) is 18.5 Å². The van der Waals surface area contributed by atoms with Gasteiger partial charge in [-0.1, -0.05) is 18.2 Å². The van der Waals surface area contributed by atoms with Crippen molar-refractivity contribution in [1.29, 1.82) is 0 Å². The van der Waals surface area contributed by atoms with Crippen molar-refractivity contribution in [2.45, 2.75) is 50.7 Å². The predicted molar refractivity (Wildman–Crippen MR) is 102 cm³/mol. The van der Waals surface area contributed by atoms with E-state index in [9.17, 15) is 24.0 Å². The van der Waals surface area contributed by atoms with E-state index in [2.05, 4.69) is 10.6 Å². The Hall–Kier alpha value is -3.23. The molecule has 0 aliphatic carbocycles. The minimum atomic E-state index is -0.923. The first-order valence-electron chi connectivity index (χ1n) is 9.67. The minimum absolute atomic E-state index is 0.0844. The highest BCUT2D eigenvalue weighted by atomic mass is 16.2. The molecule has 1 aromatic carbocycles. The molecule has 2 N–H and O–H groups in total. The maximum Gasteiger partial charge on any atom is 0.264 e. The van der Waals surface area contributed by atoms with Crippen molar-refractivity contribution < 1.29 is 24.0 Å². The largest absolute Gasteiger partial charge is 0.345 e. The van der Waals surface area contributed by atoms with E-state index in [1.807, 2.05) is 0 Å². The molecule has 2 unspecified atom stereocenters. The average Bonchev–Trinajstić information content (AvgIpc) is 2.86. The summed E-state index contributed by atoms with van der Waals surface area (Å²) in [6.07, 6.45) is 1.76. The van der Waals surface area contributed by atoms with Crippen molar-refractivity contribution in [3.63, 3.8) is 0 Å². The summed E-state index contributed by atoms with van der Waals surface area (Å²) in [6, 6.07) is 5.94. The summed E-state index contributed by atoms with van der Waals surface area (Å²) in [5.41, 5.74) is 0.403. The zero-order valence-electron chi connectivity index (χ0n) is 16.2. The van der Waals surface area contributed by atoms with E-state index < -0.39 is 35.8 Å². The van der Waals surface area contributed by atoms with Crippen molar-refractivity contribution >= 4 is 29.9 Å².